The molecule has 22 heavy (non-hydrogen) atoms. The lowest BCUT2D eigenvalue weighted by molar-refractivity contribution is -0.117. The number of carbonyl (C=O) groups is 1. The van der Waals surface area contributed by atoms with Crippen molar-refractivity contribution in [1.29, 1.82) is 0 Å². The van der Waals surface area contributed by atoms with Crippen molar-refractivity contribution >= 4 is 24.0 Å². The molecule has 0 saturated heterocycles. The highest BCUT2D eigenvalue weighted by Gasteiger charge is 2.25. The maximum absolute atomic E-state index is 12.0. The van der Waals surface area contributed by atoms with Crippen molar-refractivity contribution in [3.8, 4) is 11.4 Å². The maximum atomic E-state index is 12.0. The van der Waals surface area contributed by atoms with Crippen LogP contribution in [0.5, 0.6) is 0 Å². The zero-order valence-electron chi connectivity index (χ0n) is 12.1. The van der Waals surface area contributed by atoms with Crippen molar-refractivity contribution in [2.75, 3.05) is 5.32 Å². The van der Waals surface area contributed by atoms with Gasteiger partial charge in [-0.2, -0.15) is 4.98 Å². The van der Waals surface area contributed by atoms with E-state index in [1.807, 2.05) is 24.3 Å². The molecule has 0 radical (unpaired) electrons. The summed E-state index contributed by atoms with van der Waals surface area (Å²) in [5.74, 6) is 0.859. The Hall–Kier alpha value is -1.92. The summed E-state index contributed by atoms with van der Waals surface area (Å²) in [4.78, 5) is 16.0. The number of hydrogen-bond acceptors (Lipinski definition) is 5. The van der Waals surface area contributed by atoms with E-state index in [-0.39, 0.29) is 24.4 Å². The second kappa shape index (κ2) is 7.38. The topological polar surface area (TPSA) is 94.0 Å². The fourth-order valence-corrected chi connectivity index (χ4v) is 2.77. The number of benzene rings is 1. The van der Waals surface area contributed by atoms with Gasteiger partial charge in [0.1, 0.15) is 0 Å². The van der Waals surface area contributed by atoms with Crippen molar-refractivity contribution in [1.82, 2.24) is 10.1 Å². The molecule has 1 amide bonds. The summed E-state index contributed by atoms with van der Waals surface area (Å²) in [7, 11) is 0. The summed E-state index contributed by atoms with van der Waals surface area (Å²) in [5, 5.41) is 6.67. The van der Waals surface area contributed by atoms with Gasteiger partial charge in [-0.3, -0.25) is 4.79 Å². The van der Waals surface area contributed by atoms with E-state index < -0.39 is 0 Å². The standard InChI is InChI=1S/C15H18N4O2.ClH/c16-13-3-1-2-11(13)8-14(20)18-12-6-4-10(5-7-12)15-17-9-21-19-15;/h4-7,9,11,13H,1-3,8,16H2,(H,18,20);1H/t11-,13+;/m0./s1. The van der Waals surface area contributed by atoms with Gasteiger partial charge in [0.15, 0.2) is 0 Å². The first-order valence-corrected chi connectivity index (χ1v) is 7.14. The van der Waals surface area contributed by atoms with Crippen LogP contribution in [0.4, 0.5) is 5.69 Å². The van der Waals surface area contributed by atoms with Crippen LogP contribution in [0.2, 0.25) is 0 Å². The van der Waals surface area contributed by atoms with E-state index >= 15 is 0 Å². The molecule has 0 bridgehead atoms. The molecule has 6 nitrogen and oxygen atoms in total. The van der Waals surface area contributed by atoms with Gasteiger partial charge >= 0.3 is 0 Å². The Morgan fingerprint density at radius 2 is 2.09 bits per heavy atom. The lowest BCUT2D eigenvalue weighted by Crippen LogP contribution is -2.28. The average Bonchev–Trinajstić information content (AvgIpc) is 3.12. The summed E-state index contributed by atoms with van der Waals surface area (Å²) in [6.07, 6.45) is 4.98. The third kappa shape index (κ3) is 3.84. The van der Waals surface area contributed by atoms with Crippen LogP contribution in [0.3, 0.4) is 0 Å². The van der Waals surface area contributed by atoms with Crippen molar-refractivity contribution in [3.05, 3.63) is 30.7 Å². The number of aromatic nitrogens is 2. The summed E-state index contributed by atoms with van der Waals surface area (Å²) in [6, 6.07) is 7.52. The minimum Gasteiger partial charge on any atom is -0.342 e. The average molecular weight is 323 g/mol. The molecule has 3 N–H and O–H groups in total. The first kappa shape index (κ1) is 16.5. The zero-order valence-corrected chi connectivity index (χ0v) is 12.9. The van der Waals surface area contributed by atoms with Gasteiger partial charge in [-0.15, -0.1) is 12.4 Å². The van der Waals surface area contributed by atoms with E-state index in [1.54, 1.807) is 0 Å². The molecule has 1 heterocycles. The molecule has 2 aromatic rings. The highest BCUT2D eigenvalue weighted by molar-refractivity contribution is 5.91. The molecular weight excluding hydrogens is 304 g/mol. The molecule has 7 heteroatoms. The Morgan fingerprint density at radius 1 is 1.32 bits per heavy atom. The Morgan fingerprint density at radius 3 is 2.68 bits per heavy atom. The fraction of sp³-hybridized carbons (Fsp3) is 0.400. The summed E-state index contributed by atoms with van der Waals surface area (Å²) in [5.41, 5.74) is 7.60. The lowest BCUT2D eigenvalue weighted by atomic mass is 10.00. The number of nitrogens with one attached hydrogen (secondary N) is 1. The minimum absolute atomic E-state index is 0. The van der Waals surface area contributed by atoms with E-state index in [4.69, 9.17) is 10.3 Å². The van der Waals surface area contributed by atoms with E-state index in [2.05, 4.69) is 15.5 Å². The van der Waals surface area contributed by atoms with Gasteiger partial charge < -0.3 is 15.6 Å². The highest BCUT2D eigenvalue weighted by Crippen LogP contribution is 2.27. The molecular formula is C15H19ClN4O2. The molecule has 0 spiro atoms. The van der Waals surface area contributed by atoms with Crippen molar-refractivity contribution in [3.63, 3.8) is 0 Å². The Labute approximate surface area is 134 Å². The van der Waals surface area contributed by atoms with Gasteiger partial charge in [0.05, 0.1) is 0 Å². The molecule has 1 aliphatic carbocycles. The van der Waals surface area contributed by atoms with Crippen molar-refractivity contribution in [2.45, 2.75) is 31.7 Å². The molecule has 1 aromatic heterocycles. The summed E-state index contributed by atoms with van der Waals surface area (Å²) in [6.45, 7) is 0. The molecule has 1 aliphatic rings. The Bertz CT molecular complexity index is 601. The van der Waals surface area contributed by atoms with Crippen LogP contribution in [-0.4, -0.2) is 22.1 Å². The molecule has 1 aromatic carbocycles. The quantitative estimate of drug-likeness (QED) is 0.902. The fourth-order valence-electron chi connectivity index (χ4n) is 2.77. The second-order valence-electron chi connectivity index (χ2n) is 5.44. The Kier molecular flexibility index (Phi) is 5.51. The van der Waals surface area contributed by atoms with Crippen LogP contribution in [0.25, 0.3) is 11.4 Å². The number of hydrogen-bond donors (Lipinski definition) is 2. The van der Waals surface area contributed by atoms with E-state index in [1.165, 1.54) is 6.39 Å². The minimum atomic E-state index is 0. The van der Waals surface area contributed by atoms with Crippen LogP contribution in [-0.2, 0) is 4.79 Å². The molecule has 118 valence electrons. The third-order valence-electron chi connectivity index (χ3n) is 3.95. The maximum Gasteiger partial charge on any atom is 0.224 e. The molecule has 1 fully saturated rings. The largest absolute Gasteiger partial charge is 0.342 e. The van der Waals surface area contributed by atoms with Gasteiger partial charge in [-0.1, -0.05) is 11.6 Å². The monoisotopic (exact) mass is 322 g/mol. The highest BCUT2D eigenvalue weighted by atomic mass is 35.5. The second-order valence-corrected chi connectivity index (χ2v) is 5.44. The molecule has 1 saturated carbocycles. The number of carbonyl (C=O) groups excluding carboxylic acids is 1. The third-order valence-corrected chi connectivity index (χ3v) is 3.95. The number of nitrogens with zero attached hydrogens (tertiary/aromatic N) is 2. The predicted molar refractivity (Wildman–Crippen MR) is 85.5 cm³/mol. The van der Waals surface area contributed by atoms with Crippen LogP contribution in [0.15, 0.2) is 35.2 Å². The molecule has 2 atom stereocenters. The van der Waals surface area contributed by atoms with E-state index in [0.29, 0.717) is 18.2 Å². The molecule has 0 aliphatic heterocycles. The van der Waals surface area contributed by atoms with Gasteiger partial charge in [0.2, 0.25) is 18.1 Å². The smallest absolute Gasteiger partial charge is 0.224 e. The van der Waals surface area contributed by atoms with Crippen molar-refractivity contribution in [2.24, 2.45) is 11.7 Å². The van der Waals surface area contributed by atoms with Crippen LogP contribution < -0.4 is 11.1 Å². The molecule has 3 rings (SSSR count). The van der Waals surface area contributed by atoms with Gasteiger partial charge in [0, 0.05) is 23.7 Å². The SMILES string of the molecule is Cl.N[C@@H]1CCC[C@H]1CC(=O)Nc1ccc(-c2ncon2)cc1. The van der Waals surface area contributed by atoms with Gasteiger partial charge in [0.25, 0.3) is 0 Å². The summed E-state index contributed by atoms with van der Waals surface area (Å²) >= 11 is 0. The lowest BCUT2D eigenvalue weighted by Gasteiger charge is -2.14. The number of anilines is 1. The van der Waals surface area contributed by atoms with E-state index in [0.717, 1.165) is 30.5 Å². The van der Waals surface area contributed by atoms with Crippen LogP contribution in [0, 0.1) is 5.92 Å². The number of halogens is 1. The number of nitrogens with two attached hydrogens (primary N) is 1. The normalized spacial score (nSPS) is 20.4. The number of rotatable bonds is 4. The van der Waals surface area contributed by atoms with E-state index in [9.17, 15) is 4.79 Å². The van der Waals surface area contributed by atoms with Crippen LogP contribution >= 0.6 is 12.4 Å². The number of amides is 1. The van der Waals surface area contributed by atoms with Crippen molar-refractivity contribution < 1.29 is 9.32 Å². The first-order valence-electron chi connectivity index (χ1n) is 7.14. The Balaban J connectivity index is 0.00000176. The molecule has 0 unspecified atom stereocenters. The summed E-state index contributed by atoms with van der Waals surface area (Å²) < 4.78 is 4.71. The van der Waals surface area contributed by atoms with Gasteiger partial charge in [-0.05, 0) is 43.0 Å². The van der Waals surface area contributed by atoms with Gasteiger partial charge in [-0.25, -0.2) is 0 Å². The first-order chi connectivity index (χ1) is 10.2. The van der Waals surface area contributed by atoms with Crippen LogP contribution in [0.1, 0.15) is 25.7 Å². The zero-order chi connectivity index (χ0) is 14.7. The predicted octanol–water partition coefficient (Wildman–Crippen LogP) is 2.61.